The largest absolute Gasteiger partial charge is 0.444 e. The fourth-order valence-electron chi connectivity index (χ4n) is 1.76. The van der Waals surface area contributed by atoms with Crippen molar-refractivity contribution in [3.63, 3.8) is 0 Å². The van der Waals surface area contributed by atoms with E-state index in [0.717, 1.165) is 17.9 Å². The highest BCUT2D eigenvalue weighted by atomic mass is 32.2. The summed E-state index contributed by atoms with van der Waals surface area (Å²) < 4.78 is 33.8. The highest BCUT2D eigenvalue weighted by molar-refractivity contribution is 7.89. The molecule has 0 atom stereocenters. The van der Waals surface area contributed by atoms with Crippen LogP contribution < -0.4 is 10.5 Å². The molecule has 0 saturated carbocycles. The van der Waals surface area contributed by atoms with Crippen molar-refractivity contribution in [1.82, 2.24) is 14.3 Å². The lowest BCUT2D eigenvalue weighted by Crippen LogP contribution is -2.23. The van der Waals surface area contributed by atoms with Gasteiger partial charge in [0.15, 0.2) is 0 Å². The van der Waals surface area contributed by atoms with Crippen LogP contribution in [0.3, 0.4) is 0 Å². The van der Waals surface area contributed by atoms with E-state index >= 15 is 0 Å². The summed E-state index contributed by atoms with van der Waals surface area (Å²) in [4.78, 5) is 4.19. The molecule has 0 aliphatic heterocycles. The van der Waals surface area contributed by atoms with E-state index in [9.17, 15) is 8.42 Å². The SMILES string of the molecule is CCc1cnc(CNS(=O)(=O)c2cc(CN)n(C)c2)o1. The normalized spacial score (nSPS) is 11.9. The standard InChI is InChI=1S/C12H18N4O3S/c1-3-10-6-14-12(19-10)7-15-20(17,18)11-4-9(5-13)16(2)8-11/h4,6,8,15H,3,5,7,13H2,1-2H3. The molecule has 0 radical (unpaired) electrons. The van der Waals surface area contributed by atoms with Crippen LogP contribution in [0.2, 0.25) is 0 Å². The molecule has 7 nitrogen and oxygen atoms in total. The summed E-state index contributed by atoms with van der Waals surface area (Å²) in [5.41, 5.74) is 6.27. The topological polar surface area (TPSA) is 103 Å². The Morgan fingerprint density at radius 1 is 1.50 bits per heavy atom. The van der Waals surface area contributed by atoms with Crippen molar-refractivity contribution in [2.45, 2.75) is 31.3 Å². The van der Waals surface area contributed by atoms with Crippen molar-refractivity contribution in [3.8, 4) is 0 Å². The van der Waals surface area contributed by atoms with Gasteiger partial charge < -0.3 is 14.7 Å². The first-order valence-corrected chi connectivity index (χ1v) is 7.73. The summed E-state index contributed by atoms with van der Waals surface area (Å²) >= 11 is 0. The zero-order chi connectivity index (χ0) is 14.8. The van der Waals surface area contributed by atoms with Crippen molar-refractivity contribution in [2.24, 2.45) is 12.8 Å². The van der Waals surface area contributed by atoms with Crippen LogP contribution in [-0.4, -0.2) is 18.0 Å². The lowest BCUT2D eigenvalue weighted by atomic mass is 10.4. The van der Waals surface area contributed by atoms with Crippen LogP contribution in [0.1, 0.15) is 24.3 Å². The average molecular weight is 298 g/mol. The Bertz CT molecular complexity index is 687. The van der Waals surface area contributed by atoms with Gasteiger partial charge in [-0.1, -0.05) is 6.92 Å². The van der Waals surface area contributed by atoms with Gasteiger partial charge in [-0.15, -0.1) is 0 Å². The van der Waals surface area contributed by atoms with E-state index in [-0.39, 0.29) is 18.0 Å². The third-order valence-electron chi connectivity index (χ3n) is 2.97. The summed E-state index contributed by atoms with van der Waals surface area (Å²) in [5.74, 6) is 1.07. The van der Waals surface area contributed by atoms with Crippen LogP contribution >= 0.6 is 0 Å². The average Bonchev–Trinajstić information content (AvgIpc) is 3.02. The van der Waals surface area contributed by atoms with Gasteiger partial charge in [-0.2, -0.15) is 0 Å². The number of nitrogens with zero attached hydrogens (tertiary/aromatic N) is 2. The lowest BCUT2D eigenvalue weighted by molar-refractivity contribution is 0.452. The summed E-state index contributed by atoms with van der Waals surface area (Å²) in [6.45, 7) is 2.24. The number of rotatable bonds is 6. The first-order valence-electron chi connectivity index (χ1n) is 6.24. The van der Waals surface area contributed by atoms with E-state index in [1.807, 2.05) is 6.92 Å². The number of aryl methyl sites for hydroxylation is 2. The Morgan fingerprint density at radius 3 is 2.80 bits per heavy atom. The van der Waals surface area contributed by atoms with Gasteiger partial charge in [0.05, 0.1) is 17.6 Å². The predicted molar refractivity (Wildman–Crippen MR) is 73.2 cm³/mol. The molecular formula is C12H18N4O3S. The molecule has 2 rings (SSSR count). The highest BCUT2D eigenvalue weighted by Crippen LogP contribution is 2.13. The van der Waals surface area contributed by atoms with Crippen LogP contribution in [0.15, 0.2) is 27.8 Å². The maximum atomic E-state index is 12.1. The molecule has 110 valence electrons. The van der Waals surface area contributed by atoms with Gasteiger partial charge >= 0.3 is 0 Å². The fraction of sp³-hybridized carbons (Fsp3) is 0.417. The molecule has 0 aliphatic carbocycles. The smallest absolute Gasteiger partial charge is 0.242 e. The van der Waals surface area contributed by atoms with Gasteiger partial charge in [-0.3, -0.25) is 0 Å². The molecule has 2 heterocycles. The van der Waals surface area contributed by atoms with Gasteiger partial charge in [-0.05, 0) is 6.07 Å². The van der Waals surface area contributed by atoms with Gasteiger partial charge in [0, 0.05) is 31.9 Å². The lowest BCUT2D eigenvalue weighted by Gasteiger charge is -2.01. The number of nitrogens with two attached hydrogens (primary N) is 1. The monoisotopic (exact) mass is 298 g/mol. The third-order valence-corrected chi connectivity index (χ3v) is 4.33. The van der Waals surface area contributed by atoms with Crippen molar-refractivity contribution < 1.29 is 12.8 Å². The van der Waals surface area contributed by atoms with Gasteiger partial charge in [0.25, 0.3) is 0 Å². The van der Waals surface area contributed by atoms with Crippen molar-refractivity contribution in [3.05, 3.63) is 35.8 Å². The summed E-state index contributed by atoms with van der Waals surface area (Å²) in [5, 5.41) is 0. The molecule has 0 aromatic carbocycles. The van der Waals surface area contributed by atoms with Crippen molar-refractivity contribution in [2.75, 3.05) is 0 Å². The minimum atomic E-state index is -3.59. The van der Waals surface area contributed by atoms with E-state index < -0.39 is 10.0 Å². The van der Waals surface area contributed by atoms with E-state index in [1.54, 1.807) is 23.9 Å². The van der Waals surface area contributed by atoms with Crippen LogP contribution in [0.25, 0.3) is 0 Å². The highest BCUT2D eigenvalue weighted by Gasteiger charge is 2.18. The Kier molecular flexibility index (Phi) is 4.26. The van der Waals surface area contributed by atoms with E-state index in [0.29, 0.717) is 5.89 Å². The van der Waals surface area contributed by atoms with Crippen molar-refractivity contribution in [1.29, 1.82) is 0 Å². The maximum absolute atomic E-state index is 12.1. The molecule has 0 fully saturated rings. The number of aromatic nitrogens is 2. The fourth-order valence-corrected chi connectivity index (χ4v) is 2.83. The first-order chi connectivity index (χ1) is 9.46. The molecular weight excluding hydrogens is 280 g/mol. The Labute approximate surface area is 117 Å². The molecule has 8 heteroatoms. The second-order valence-corrected chi connectivity index (χ2v) is 6.15. The predicted octanol–water partition coefficient (Wildman–Crippen LogP) is 0.513. The molecule has 0 bridgehead atoms. The minimum absolute atomic E-state index is 0.0230. The van der Waals surface area contributed by atoms with Crippen LogP contribution in [0.4, 0.5) is 0 Å². The van der Waals surface area contributed by atoms with Gasteiger partial charge in [0.1, 0.15) is 5.76 Å². The second kappa shape index (κ2) is 5.78. The molecule has 0 amide bonds. The minimum Gasteiger partial charge on any atom is -0.444 e. The first kappa shape index (κ1) is 14.8. The van der Waals surface area contributed by atoms with Gasteiger partial charge in [0.2, 0.25) is 15.9 Å². The summed E-state index contributed by atoms with van der Waals surface area (Å²) in [6, 6.07) is 1.55. The number of sulfonamides is 1. The molecule has 0 aliphatic rings. The molecule has 2 aromatic rings. The summed E-state index contributed by atoms with van der Waals surface area (Å²) in [7, 11) is -1.84. The number of oxazole rings is 1. The van der Waals surface area contributed by atoms with Crippen molar-refractivity contribution >= 4 is 10.0 Å². The Morgan fingerprint density at radius 2 is 2.25 bits per heavy atom. The molecule has 0 spiro atoms. The number of hydrogen-bond acceptors (Lipinski definition) is 5. The van der Waals surface area contributed by atoms with E-state index in [1.165, 1.54) is 6.20 Å². The number of hydrogen-bond donors (Lipinski definition) is 2. The summed E-state index contributed by atoms with van der Waals surface area (Å²) in [6.07, 6.45) is 3.84. The van der Waals surface area contributed by atoms with Crippen LogP contribution in [0, 0.1) is 0 Å². The Hall–Kier alpha value is -1.64. The third kappa shape index (κ3) is 3.09. The quantitative estimate of drug-likeness (QED) is 0.809. The zero-order valence-electron chi connectivity index (χ0n) is 11.5. The maximum Gasteiger partial charge on any atom is 0.242 e. The van der Waals surface area contributed by atoms with E-state index in [2.05, 4.69) is 9.71 Å². The molecule has 2 aromatic heterocycles. The Balaban J connectivity index is 2.10. The molecule has 0 unspecified atom stereocenters. The molecule has 20 heavy (non-hydrogen) atoms. The number of nitrogens with one attached hydrogen (secondary N) is 1. The van der Waals surface area contributed by atoms with Crippen LogP contribution in [-0.2, 0) is 36.6 Å². The molecule has 0 saturated heterocycles. The zero-order valence-corrected chi connectivity index (χ0v) is 12.3. The van der Waals surface area contributed by atoms with E-state index in [4.69, 9.17) is 10.2 Å². The second-order valence-electron chi connectivity index (χ2n) is 4.38. The molecule has 3 N–H and O–H groups in total. The van der Waals surface area contributed by atoms with Gasteiger partial charge in [-0.25, -0.2) is 18.1 Å². The van der Waals surface area contributed by atoms with Crippen LogP contribution in [0.5, 0.6) is 0 Å².